The molecule has 1 atom stereocenters. The Bertz CT molecular complexity index is 1020. The molecule has 0 aliphatic carbocycles. The van der Waals surface area contributed by atoms with Crippen LogP contribution in [0.2, 0.25) is 5.02 Å². The Morgan fingerprint density at radius 1 is 1.45 bits per heavy atom. The summed E-state index contributed by atoms with van der Waals surface area (Å²) in [5.41, 5.74) is 7.95. The number of benzene rings is 1. The number of nitrogens with zero attached hydrogens (tertiary/aromatic N) is 3. The van der Waals surface area contributed by atoms with E-state index in [-0.39, 0.29) is 23.0 Å². The molecular weight excluding hydrogens is 419 g/mol. The smallest absolute Gasteiger partial charge is 0.244 e. The second-order valence-electron chi connectivity index (χ2n) is 6.90. The number of aromatic nitrogens is 2. The largest absolute Gasteiger partial charge is 0.387 e. The number of allylic oxidation sites excluding steroid dienone is 1. The van der Waals surface area contributed by atoms with Crippen molar-refractivity contribution < 1.29 is 17.9 Å². The van der Waals surface area contributed by atoms with Crippen molar-refractivity contribution in [3.05, 3.63) is 57.6 Å². The zero-order valence-corrected chi connectivity index (χ0v) is 18.4. The van der Waals surface area contributed by atoms with E-state index >= 15 is 0 Å². The van der Waals surface area contributed by atoms with Crippen molar-refractivity contribution in [3.8, 4) is 0 Å². The number of sulfonamides is 1. The lowest BCUT2D eigenvalue weighted by molar-refractivity contribution is 0.186. The van der Waals surface area contributed by atoms with Crippen LogP contribution in [0.3, 0.4) is 0 Å². The van der Waals surface area contributed by atoms with E-state index in [1.165, 1.54) is 30.9 Å². The zero-order valence-electron chi connectivity index (χ0n) is 16.9. The van der Waals surface area contributed by atoms with Crippen molar-refractivity contribution in [2.75, 3.05) is 20.6 Å². The summed E-state index contributed by atoms with van der Waals surface area (Å²) in [7, 11) is -0.785. The van der Waals surface area contributed by atoms with E-state index in [1.54, 1.807) is 26.0 Å². The molecule has 0 saturated carbocycles. The number of hydrogen-bond donors (Lipinski definition) is 2. The Labute approximate surface area is 175 Å². The first-order valence-corrected chi connectivity index (χ1v) is 10.8. The number of aliphatic hydroxyl groups excluding tert-OH is 1. The van der Waals surface area contributed by atoms with Gasteiger partial charge in [-0.3, -0.25) is 4.68 Å². The van der Waals surface area contributed by atoms with Crippen molar-refractivity contribution in [2.45, 2.75) is 37.8 Å². The van der Waals surface area contributed by atoms with Gasteiger partial charge in [-0.2, -0.15) is 5.10 Å². The van der Waals surface area contributed by atoms with Gasteiger partial charge in [-0.25, -0.2) is 17.1 Å². The van der Waals surface area contributed by atoms with Crippen molar-refractivity contribution in [1.29, 1.82) is 0 Å². The molecule has 0 radical (unpaired) electrons. The SMILES string of the molecule is Cc1nn(C/C(F)=C/CN)c([C@H](C)O)c1Cc1ccc(S(=O)(=O)N(C)C)c(Cl)c1. The third kappa shape index (κ3) is 5.23. The second-order valence-corrected chi connectivity index (χ2v) is 9.43. The maximum atomic E-state index is 13.9. The van der Waals surface area contributed by atoms with E-state index in [0.717, 1.165) is 15.4 Å². The highest BCUT2D eigenvalue weighted by Crippen LogP contribution is 2.29. The van der Waals surface area contributed by atoms with Gasteiger partial charge in [0.15, 0.2) is 0 Å². The third-order valence-corrected chi connectivity index (χ3v) is 6.76. The predicted molar refractivity (Wildman–Crippen MR) is 111 cm³/mol. The average Bonchev–Trinajstić information content (AvgIpc) is 2.89. The number of hydrogen-bond acceptors (Lipinski definition) is 5. The molecule has 1 aromatic heterocycles. The number of aliphatic hydroxyl groups is 1. The van der Waals surface area contributed by atoms with Crippen LogP contribution in [0.5, 0.6) is 0 Å². The fraction of sp³-hybridized carbons (Fsp3) is 0.421. The van der Waals surface area contributed by atoms with Crippen LogP contribution >= 0.6 is 11.6 Å². The number of rotatable bonds is 8. The third-order valence-electron chi connectivity index (χ3n) is 4.47. The molecule has 0 fully saturated rings. The molecule has 0 amide bonds. The number of nitrogens with two attached hydrogens (primary N) is 1. The van der Waals surface area contributed by atoms with Crippen LogP contribution in [-0.2, 0) is 23.0 Å². The summed E-state index contributed by atoms with van der Waals surface area (Å²) >= 11 is 6.23. The van der Waals surface area contributed by atoms with E-state index < -0.39 is 22.0 Å². The minimum atomic E-state index is -3.66. The molecule has 3 N–H and O–H groups in total. The molecule has 29 heavy (non-hydrogen) atoms. The quantitative estimate of drug-likeness (QED) is 0.651. The first-order valence-electron chi connectivity index (χ1n) is 8.98. The van der Waals surface area contributed by atoms with E-state index in [2.05, 4.69) is 5.10 Å². The Balaban J connectivity index is 2.43. The number of aryl methyl sites for hydroxylation is 1. The first kappa shape index (κ1) is 23.5. The Morgan fingerprint density at radius 3 is 2.62 bits per heavy atom. The molecule has 2 rings (SSSR count). The summed E-state index contributed by atoms with van der Waals surface area (Å²) in [6, 6.07) is 4.70. The molecule has 10 heteroatoms. The van der Waals surface area contributed by atoms with Crippen LogP contribution in [0, 0.1) is 6.92 Å². The normalized spacial score (nSPS) is 13.9. The molecule has 0 unspecified atom stereocenters. The zero-order chi connectivity index (χ0) is 21.9. The lowest BCUT2D eigenvalue weighted by Gasteiger charge is -2.14. The molecule has 0 aliphatic rings. The van der Waals surface area contributed by atoms with Gasteiger partial charge in [0.2, 0.25) is 10.0 Å². The highest BCUT2D eigenvalue weighted by molar-refractivity contribution is 7.89. The standard InChI is InChI=1S/C19H26ClFN4O3S/c1-12-16(19(13(2)26)25(23-12)11-15(21)7-8-22)9-14-5-6-18(17(20)10-14)29(27,28)24(3)4/h5-7,10,13,26H,8-9,11,22H2,1-4H3/b15-7-/t13-/m0/s1. The molecule has 1 heterocycles. The average molecular weight is 445 g/mol. The molecule has 0 bridgehead atoms. The molecule has 0 aliphatic heterocycles. The first-order chi connectivity index (χ1) is 13.5. The molecule has 1 aromatic carbocycles. The summed E-state index contributed by atoms with van der Waals surface area (Å²) in [6.07, 6.45) is 0.739. The maximum absolute atomic E-state index is 13.9. The van der Waals surface area contributed by atoms with Crippen LogP contribution in [0.15, 0.2) is 35.0 Å². The van der Waals surface area contributed by atoms with Gasteiger partial charge in [0.25, 0.3) is 0 Å². The fourth-order valence-corrected chi connectivity index (χ4v) is 4.48. The molecule has 160 valence electrons. The summed E-state index contributed by atoms with van der Waals surface area (Å²) in [4.78, 5) is 0.0186. The lowest BCUT2D eigenvalue weighted by atomic mass is 10.0. The summed E-state index contributed by atoms with van der Waals surface area (Å²) < 4.78 is 41.1. The van der Waals surface area contributed by atoms with Crippen molar-refractivity contribution in [1.82, 2.24) is 14.1 Å². The highest BCUT2D eigenvalue weighted by Gasteiger charge is 2.23. The van der Waals surface area contributed by atoms with Gasteiger partial charge < -0.3 is 10.8 Å². The van der Waals surface area contributed by atoms with Crippen LogP contribution < -0.4 is 5.73 Å². The Kier molecular flexibility index (Phi) is 7.58. The Morgan fingerprint density at radius 2 is 2.10 bits per heavy atom. The summed E-state index contributed by atoms with van der Waals surface area (Å²) in [5.74, 6) is -0.440. The summed E-state index contributed by atoms with van der Waals surface area (Å²) in [5, 5.41) is 14.7. The maximum Gasteiger partial charge on any atom is 0.244 e. The molecular formula is C19H26ClFN4O3S. The van der Waals surface area contributed by atoms with Gasteiger partial charge >= 0.3 is 0 Å². The lowest BCUT2D eigenvalue weighted by Crippen LogP contribution is -2.22. The van der Waals surface area contributed by atoms with Gasteiger partial charge in [0.05, 0.1) is 29.1 Å². The topological polar surface area (TPSA) is 101 Å². The molecule has 7 nitrogen and oxygen atoms in total. The minimum absolute atomic E-state index is 0.0186. The Hall–Kier alpha value is -1.78. The second kappa shape index (κ2) is 9.36. The molecule has 0 saturated heterocycles. The van der Waals surface area contributed by atoms with E-state index in [1.807, 2.05) is 0 Å². The van der Waals surface area contributed by atoms with Crippen LogP contribution in [-0.4, -0.2) is 48.3 Å². The molecule has 0 spiro atoms. The van der Waals surface area contributed by atoms with Crippen LogP contribution in [0.25, 0.3) is 0 Å². The fourth-order valence-electron chi connectivity index (χ4n) is 3.04. The van der Waals surface area contributed by atoms with Crippen molar-refractivity contribution in [3.63, 3.8) is 0 Å². The summed E-state index contributed by atoms with van der Waals surface area (Å²) in [6.45, 7) is 3.30. The van der Waals surface area contributed by atoms with Gasteiger partial charge in [-0.05, 0) is 37.6 Å². The van der Waals surface area contributed by atoms with Crippen molar-refractivity contribution in [2.24, 2.45) is 5.73 Å². The van der Waals surface area contributed by atoms with E-state index in [0.29, 0.717) is 17.8 Å². The highest BCUT2D eigenvalue weighted by atomic mass is 35.5. The van der Waals surface area contributed by atoms with Gasteiger partial charge in [-0.15, -0.1) is 0 Å². The minimum Gasteiger partial charge on any atom is -0.387 e. The number of halogens is 2. The van der Waals surface area contributed by atoms with Crippen LogP contribution in [0.1, 0.15) is 35.5 Å². The van der Waals surface area contributed by atoms with Crippen LogP contribution in [0.4, 0.5) is 4.39 Å². The van der Waals surface area contributed by atoms with E-state index in [9.17, 15) is 17.9 Å². The van der Waals surface area contributed by atoms with Gasteiger partial charge in [0.1, 0.15) is 10.7 Å². The predicted octanol–water partition coefficient (Wildman–Crippen LogP) is 2.55. The van der Waals surface area contributed by atoms with Crippen molar-refractivity contribution >= 4 is 21.6 Å². The monoisotopic (exact) mass is 444 g/mol. The van der Waals surface area contributed by atoms with Gasteiger partial charge in [-0.1, -0.05) is 17.7 Å². The van der Waals surface area contributed by atoms with E-state index in [4.69, 9.17) is 17.3 Å². The molecule has 2 aromatic rings. The van der Waals surface area contributed by atoms with Gasteiger partial charge in [0, 0.05) is 32.6 Å².